The highest BCUT2D eigenvalue weighted by Crippen LogP contribution is 2.20. The van der Waals surface area contributed by atoms with Crippen molar-refractivity contribution in [1.82, 2.24) is 25.4 Å². The minimum Gasteiger partial charge on any atom is -0.497 e. The third-order valence-corrected chi connectivity index (χ3v) is 5.19. The maximum Gasteiger partial charge on any atom is 0.192 e. The molecule has 1 aliphatic rings. The second kappa shape index (κ2) is 10.1. The zero-order valence-electron chi connectivity index (χ0n) is 17.8. The molecule has 1 saturated carbocycles. The van der Waals surface area contributed by atoms with Crippen LogP contribution in [0.3, 0.4) is 0 Å². The summed E-state index contributed by atoms with van der Waals surface area (Å²) in [6.07, 6.45) is 4.86. The van der Waals surface area contributed by atoms with E-state index in [2.05, 4.69) is 20.8 Å². The molecular weight excluding hydrogens is 368 g/mol. The van der Waals surface area contributed by atoms with Gasteiger partial charge in [-0.2, -0.15) is 0 Å². The maximum absolute atomic E-state index is 6.01. The van der Waals surface area contributed by atoms with Crippen molar-refractivity contribution < 1.29 is 9.47 Å². The highest BCUT2D eigenvalue weighted by atomic mass is 16.5. The van der Waals surface area contributed by atoms with E-state index in [0.29, 0.717) is 19.1 Å². The minimum absolute atomic E-state index is 0.0326. The van der Waals surface area contributed by atoms with Gasteiger partial charge in [0, 0.05) is 19.2 Å². The van der Waals surface area contributed by atoms with Crippen LogP contribution in [0.15, 0.2) is 29.3 Å². The molecule has 0 amide bonds. The van der Waals surface area contributed by atoms with Gasteiger partial charge in [0.15, 0.2) is 11.8 Å². The zero-order chi connectivity index (χ0) is 20.6. The van der Waals surface area contributed by atoms with Gasteiger partial charge in [0.25, 0.3) is 0 Å². The summed E-state index contributed by atoms with van der Waals surface area (Å²) in [5.41, 5.74) is 0. The van der Waals surface area contributed by atoms with Crippen LogP contribution in [0.25, 0.3) is 0 Å². The van der Waals surface area contributed by atoms with Crippen LogP contribution in [-0.4, -0.2) is 46.5 Å². The maximum atomic E-state index is 6.01. The van der Waals surface area contributed by atoms with Gasteiger partial charge in [0.1, 0.15) is 30.0 Å². The minimum atomic E-state index is -0.0326. The first kappa shape index (κ1) is 21.0. The Morgan fingerprint density at radius 1 is 1.28 bits per heavy atom. The summed E-state index contributed by atoms with van der Waals surface area (Å²) < 4.78 is 13.2. The van der Waals surface area contributed by atoms with E-state index < -0.39 is 0 Å². The first-order valence-electron chi connectivity index (χ1n) is 10.3. The molecule has 2 aromatic rings. The van der Waals surface area contributed by atoms with E-state index >= 15 is 0 Å². The SMILES string of the molecule is COc1cccc(OC(C)CNC(=NCc2nnc(C)n2C)NC2CCCC2)c1. The first-order chi connectivity index (χ1) is 14.0. The quantitative estimate of drug-likeness (QED) is 0.523. The van der Waals surface area contributed by atoms with Crippen molar-refractivity contribution in [3.8, 4) is 11.5 Å². The average Bonchev–Trinajstić information content (AvgIpc) is 3.35. The summed E-state index contributed by atoms with van der Waals surface area (Å²) in [4.78, 5) is 4.73. The molecule has 1 aromatic carbocycles. The Labute approximate surface area is 172 Å². The highest BCUT2D eigenvalue weighted by Gasteiger charge is 2.17. The third-order valence-electron chi connectivity index (χ3n) is 5.19. The van der Waals surface area contributed by atoms with Crippen molar-refractivity contribution in [1.29, 1.82) is 0 Å². The van der Waals surface area contributed by atoms with Crippen molar-refractivity contribution in [2.45, 2.75) is 58.2 Å². The number of rotatable bonds is 8. The number of methoxy groups -OCH3 is 1. The summed E-state index contributed by atoms with van der Waals surface area (Å²) in [5, 5.41) is 15.3. The average molecular weight is 401 g/mol. The number of aromatic nitrogens is 3. The zero-order valence-corrected chi connectivity index (χ0v) is 17.8. The second-order valence-electron chi connectivity index (χ2n) is 7.50. The number of hydrogen-bond donors (Lipinski definition) is 2. The molecule has 29 heavy (non-hydrogen) atoms. The lowest BCUT2D eigenvalue weighted by atomic mass is 10.2. The molecule has 0 radical (unpaired) electrons. The lowest BCUT2D eigenvalue weighted by molar-refractivity contribution is 0.222. The second-order valence-corrected chi connectivity index (χ2v) is 7.50. The molecule has 8 nitrogen and oxygen atoms in total. The fraction of sp³-hybridized carbons (Fsp3) is 0.571. The summed E-state index contributed by atoms with van der Waals surface area (Å²) in [6, 6.07) is 8.11. The Morgan fingerprint density at radius 3 is 2.72 bits per heavy atom. The third kappa shape index (κ3) is 6.10. The number of nitrogens with zero attached hydrogens (tertiary/aromatic N) is 4. The lowest BCUT2D eigenvalue weighted by Gasteiger charge is -2.20. The van der Waals surface area contributed by atoms with E-state index in [0.717, 1.165) is 29.1 Å². The Morgan fingerprint density at radius 2 is 2.03 bits per heavy atom. The normalized spacial score (nSPS) is 15.9. The Hall–Kier alpha value is -2.77. The topological polar surface area (TPSA) is 85.6 Å². The summed E-state index contributed by atoms with van der Waals surface area (Å²) >= 11 is 0. The molecule has 1 heterocycles. The molecule has 0 spiro atoms. The van der Waals surface area contributed by atoms with Gasteiger partial charge in [-0.25, -0.2) is 4.99 Å². The molecule has 1 atom stereocenters. The molecule has 8 heteroatoms. The number of nitrogens with one attached hydrogen (secondary N) is 2. The van der Waals surface area contributed by atoms with Crippen molar-refractivity contribution in [3.05, 3.63) is 35.9 Å². The van der Waals surface area contributed by atoms with Crippen molar-refractivity contribution in [3.63, 3.8) is 0 Å². The van der Waals surface area contributed by atoms with Gasteiger partial charge >= 0.3 is 0 Å². The van der Waals surface area contributed by atoms with E-state index in [1.807, 2.05) is 49.7 Å². The molecule has 1 fully saturated rings. The summed E-state index contributed by atoms with van der Waals surface area (Å²) in [5.74, 6) is 4.09. The van der Waals surface area contributed by atoms with Gasteiger partial charge in [-0.15, -0.1) is 10.2 Å². The van der Waals surface area contributed by atoms with Crippen LogP contribution in [0.5, 0.6) is 11.5 Å². The molecule has 0 aliphatic heterocycles. The van der Waals surface area contributed by atoms with E-state index in [4.69, 9.17) is 14.5 Å². The molecule has 3 rings (SSSR count). The molecule has 1 aromatic heterocycles. The smallest absolute Gasteiger partial charge is 0.192 e. The number of aliphatic imine (C=N–C) groups is 1. The Kier molecular flexibility index (Phi) is 7.32. The molecule has 2 N–H and O–H groups in total. The van der Waals surface area contributed by atoms with Gasteiger partial charge in [0.2, 0.25) is 0 Å². The monoisotopic (exact) mass is 400 g/mol. The van der Waals surface area contributed by atoms with Crippen LogP contribution in [0, 0.1) is 6.92 Å². The fourth-order valence-corrected chi connectivity index (χ4v) is 3.34. The van der Waals surface area contributed by atoms with Gasteiger partial charge in [-0.1, -0.05) is 18.9 Å². The number of ether oxygens (including phenoxy) is 2. The Balaban J connectivity index is 1.59. The fourth-order valence-electron chi connectivity index (χ4n) is 3.34. The van der Waals surface area contributed by atoms with Crippen molar-refractivity contribution in [2.75, 3.05) is 13.7 Å². The Bertz CT molecular complexity index is 813. The van der Waals surface area contributed by atoms with Crippen LogP contribution in [0.1, 0.15) is 44.3 Å². The van der Waals surface area contributed by atoms with Crippen LogP contribution in [-0.2, 0) is 13.6 Å². The van der Waals surface area contributed by atoms with Crippen LogP contribution in [0.4, 0.5) is 0 Å². The van der Waals surface area contributed by atoms with Gasteiger partial charge in [-0.3, -0.25) is 0 Å². The van der Waals surface area contributed by atoms with Gasteiger partial charge in [0.05, 0.1) is 13.7 Å². The molecular formula is C21H32N6O2. The number of benzene rings is 1. The summed E-state index contributed by atoms with van der Waals surface area (Å²) in [7, 11) is 3.61. The molecule has 0 saturated heterocycles. The number of guanidine groups is 1. The lowest BCUT2D eigenvalue weighted by Crippen LogP contribution is -2.45. The molecule has 1 aliphatic carbocycles. The van der Waals surface area contributed by atoms with Crippen molar-refractivity contribution >= 4 is 5.96 Å². The van der Waals surface area contributed by atoms with Gasteiger partial charge in [-0.05, 0) is 38.8 Å². The van der Waals surface area contributed by atoms with E-state index in [1.165, 1.54) is 25.7 Å². The number of aryl methyl sites for hydroxylation is 1. The van der Waals surface area contributed by atoms with E-state index in [9.17, 15) is 0 Å². The van der Waals surface area contributed by atoms with E-state index in [1.54, 1.807) is 7.11 Å². The standard InChI is InChI=1S/C21H32N6O2/c1-15(29-19-11-7-10-18(12-19)28-4)13-22-21(24-17-8-5-6-9-17)23-14-20-26-25-16(2)27(20)3/h7,10-12,15,17H,5-6,8-9,13-14H2,1-4H3,(H2,22,23,24). The first-order valence-corrected chi connectivity index (χ1v) is 10.3. The molecule has 158 valence electrons. The largest absolute Gasteiger partial charge is 0.497 e. The number of hydrogen-bond acceptors (Lipinski definition) is 5. The van der Waals surface area contributed by atoms with Crippen LogP contribution in [0.2, 0.25) is 0 Å². The molecule has 0 bridgehead atoms. The summed E-state index contributed by atoms with van der Waals surface area (Å²) in [6.45, 7) is 5.08. The van der Waals surface area contributed by atoms with Crippen LogP contribution >= 0.6 is 0 Å². The van der Waals surface area contributed by atoms with Crippen LogP contribution < -0.4 is 20.1 Å². The van der Waals surface area contributed by atoms with E-state index in [-0.39, 0.29) is 6.10 Å². The molecule has 1 unspecified atom stereocenters. The predicted octanol–water partition coefficient (Wildman–Crippen LogP) is 2.58. The highest BCUT2D eigenvalue weighted by molar-refractivity contribution is 5.80. The van der Waals surface area contributed by atoms with Gasteiger partial charge < -0.3 is 24.7 Å². The predicted molar refractivity (Wildman–Crippen MR) is 113 cm³/mol. The van der Waals surface area contributed by atoms with Crippen molar-refractivity contribution in [2.24, 2.45) is 12.0 Å².